The Kier molecular flexibility index (Phi) is 10.00. The number of carbonyl (C=O) groups excluding carboxylic acids is 2. The van der Waals surface area contributed by atoms with E-state index < -0.39 is 21.4 Å². The molecule has 8 heteroatoms. The molecule has 0 heterocycles. The number of sulfone groups is 1. The highest BCUT2D eigenvalue weighted by Crippen LogP contribution is 2.41. The summed E-state index contributed by atoms with van der Waals surface area (Å²) in [6, 6.07) is 24.6. The summed E-state index contributed by atoms with van der Waals surface area (Å²) in [6.45, 7) is -0.0886. The largest absolute Gasteiger partial charge is 0.497 e. The molecule has 7 nitrogen and oxygen atoms in total. The second-order valence-electron chi connectivity index (χ2n) is 8.59. The molecule has 0 saturated heterocycles. The number of benzene rings is 3. The van der Waals surface area contributed by atoms with Crippen LogP contribution in [0.5, 0.6) is 11.5 Å². The molecule has 0 fully saturated rings. The first-order chi connectivity index (χ1) is 17.9. The van der Waals surface area contributed by atoms with Gasteiger partial charge in [-0.25, -0.2) is 8.42 Å². The summed E-state index contributed by atoms with van der Waals surface area (Å²) >= 11 is 0. The Morgan fingerprint density at radius 3 is 1.73 bits per heavy atom. The first kappa shape index (κ1) is 28.1. The van der Waals surface area contributed by atoms with Crippen LogP contribution in [-0.2, 0) is 29.8 Å². The normalized spacial score (nSPS) is 12.5. The number of rotatable bonds is 15. The average Bonchev–Trinajstić information content (AvgIpc) is 2.94. The van der Waals surface area contributed by atoms with Gasteiger partial charge < -0.3 is 23.8 Å². The number of ether oxygens (including phenoxy) is 3. The van der Waals surface area contributed by atoms with Gasteiger partial charge in [0.15, 0.2) is 9.84 Å². The minimum atomic E-state index is -3.54. The minimum absolute atomic E-state index is 0.0155. The van der Waals surface area contributed by atoms with Crippen molar-refractivity contribution in [3.63, 3.8) is 0 Å². The van der Waals surface area contributed by atoms with Gasteiger partial charge in [-0.1, -0.05) is 54.6 Å². The Morgan fingerprint density at radius 1 is 0.757 bits per heavy atom. The topological polar surface area (TPSA) is 96.0 Å². The van der Waals surface area contributed by atoms with Crippen molar-refractivity contribution in [2.45, 2.75) is 18.4 Å². The standard InChI is InChI=1S/C29H32O7S/c1-34-27-12-8-25(9-13-27)29(24-6-4-3-5-7-24,26-10-14-28(35-2)15-11-26)36-19-21-37(32,33)20-17-23(22-31)16-18-30/h3-15,18,22-23H,16-17,19-21H2,1-2H3. The third-order valence-electron chi connectivity index (χ3n) is 6.28. The van der Waals surface area contributed by atoms with Crippen molar-refractivity contribution in [3.05, 3.63) is 95.6 Å². The first-order valence-electron chi connectivity index (χ1n) is 12.0. The fourth-order valence-corrected chi connectivity index (χ4v) is 5.40. The zero-order valence-electron chi connectivity index (χ0n) is 21.0. The van der Waals surface area contributed by atoms with Gasteiger partial charge in [-0.3, -0.25) is 0 Å². The van der Waals surface area contributed by atoms with Crippen molar-refractivity contribution >= 4 is 22.4 Å². The van der Waals surface area contributed by atoms with Crippen LogP contribution in [0.25, 0.3) is 0 Å². The highest BCUT2D eigenvalue weighted by molar-refractivity contribution is 7.91. The van der Waals surface area contributed by atoms with E-state index in [1.165, 1.54) is 0 Å². The van der Waals surface area contributed by atoms with Gasteiger partial charge in [0.2, 0.25) is 0 Å². The third-order valence-corrected chi connectivity index (χ3v) is 7.92. The molecule has 3 aromatic carbocycles. The van der Waals surface area contributed by atoms with E-state index in [0.717, 1.165) is 16.7 Å². The Labute approximate surface area is 218 Å². The number of hydrogen-bond acceptors (Lipinski definition) is 7. The Morgan fingerprint density at radius 2 is 1.27 bits per heavy atom. The van der Waals surface area contributed by atoms with E-state index in [1.54, 1.807) is 14.2 Å². The average molecular weight is 525 g/mol. The van der Waals surface area contributed by atoms with Crippen LogP contribution in [0.4, 0.5) is 0 Å². The maximum atomic E-state index is 12.8. The van der Waals surface area contributed by atoms with E-state index in [2.05, 4.69) is 0 Å². The van der Waals surface area contributed by atoms with Gasteiger partial charge in [0, 0.05) is 12.3 Å². The summed E-state index contributed by atoms with van der Waals surface area (Å²) < 4.78 is 42.8. The molecule has 3 rings (SSSR count). The van der Waals surface area contributed by atoms with Crippen LogP contribution in [0.3, 0.4) is 0 Å². The Bertz CT molecular complexity index is 1190. The summed E-state index contributed by atoms with van der Waals surface area (Å²) in [5, 5.41) is 0. The van der Waals surface area contributed by atoms with Crippen molar-refractivity contribution in [2.75, 3.05) is 32.3 Å². The summed E-state index contributed by atoms with van der Waals surface area (Å²) in [5.74, 6) is 0.332. The number of hydrogen-bond donors (Lipinski definition) is 0. The van der Waals surface area contributed by atoms with Gasteiger partial charge in [-0.15, -0.1) is 0 Å². The molecule has 0 aliphatic rings. The van der Waals surface area contributed by atoms with Crippen LogP contribution < -0.4 is 9.47 Å². The van der Waals surface area contributed by atoms with Crippen molar-refractivity contribution in [1.82, 2.24) is 0 Å². The van der Waals surface area contributed by atoms with E-state index in [4.69, 9.17) is 14.2 Å². The maximum absolute atomic E-state index is 12.8. The van der Waals surface area contributed by atoms with Crippen LogP contribution in [0.15, 0.2) is 78.9 Å². The summed E-state index contributed by atoms with van der Waals surface area (Å²) in [6.07, 6.45) is 1.38. The molecule has 1 atom stereocenters. The van der Waals surface area contributed by atoms with Crippen LogP contribution in [0, 0.1) is 5.92 Å². The molecule has 0 N–H and O–H groups in total. The van der Waals surface area contributed by atoms with Crippen LogP contribution in [0.1, 0.15) is 29.5 Å². The predicted molar refractivity (Wildman–Crippen MR) is 142 cm³/mol. The van der Waals surface area contributed by atoms with Crippen molar-refractivity contribution in [3.8, 4) is 11.5 Å². The molecular formula is C29H32O7S. The molecular weight excluding hydrogens is 492 g/mol. The highest BCUT2D eigenvalue weighted by atomic mass is 32.2. The Balaban J connectivity index is 1.98. The maximum Gasteiger partial charge on any atom is 0.152 e. The van der Waals surface area contributed by atoms with Gasteiger partial charge in [0.25, 0.3) is 0 Å². The molecule has 0 aliphatic heterocycles. The van der Waals surface area contributed by atoms with Gasteiger partial charge in [0.05, 0.1) is 32.3 Å². The van der Waals surface area contributed by atoms with Crippen LogP contribution in [0.2, 0.25) is 0 Å². The molecule has 196 valence electrons. The molecule has 3 aromatic rings. The molecule has 1 unspecified atom stereocenters. The lowest BCUT2D eigenvalue weighted by Crippen LogP contribution is -2.35. The van der Waals surface area contributed by atoms with E-state index in [0.29, 0.717) is 24.1 Å². The SMILES string of the molecule is COc1ccc(C(OCCS(=O)(=O)CCC(C=O)CC=O)(c2ccccc2)c2ccc(OC)cc2)cc1. The van der Waals surface area contributed by atoms with Crippen LogP contribution in [-0.4, -0.2) is 53.3 Å². The molecule has 0 amide bonds. The lowest BCUT2D eigenvalue weighted by Gasteiger charge is -2.36. The van der Waals surface area contributed by atoms with Gasteiger partial charge in [-0.2, -0.15) is 0 Å². The first-order valence-corrected chi connectivity index (χ1v) is 13.8. The van der Waals surface area contributed by atoms with E-state index in [-0.39, 0.29) is 31.0 Å². The quantitative estimate of drug-likeness (QED) is 0.217. The van der Waals surface area contributed by atoms with Crippen molar-refractivity contribution < 1.29 is 32.2 Å². The van der Waals surface area contributed by atoms with Crippen molar-refractivity contribution in [1.29, 1.82) is 0 Å². The molecule has 37 heavy (non-hydrogen) atoms. The highest BCUT2D eigenvalue weighted by Gasteiger charge is 2.38. The van der Waals surface area contributed by atoms with Gasteiger partial charge >= 0.3 is 0 Å². The minimum Gasteiger partial charge on any atom is -0.497 e. The van der Waals surface area contributed by atoms with E-state index in [9.17, 15) is 18.0 Å². The smallest absolute Gasteiger partial charge is 0.152 e. The second-order valence-corrected chi connectivity index (χ2v) is 10.9. The van der Waals surface area contributed by atoms with Crippen molar-refractivity contribution in [2.24, 2.45) is 5.92 Å². The summed E-state index contributed by atoms with van der Waals surface area (Å²) in [5.41, 5.74) is 1.32. The number of carbonyl (C=O) groups is 2. The molecule has 0 bridgehead atoms. The van der Waals surface area contributed by atoms with E-state index >= 15 is 0 Å². The summed E-state index contributed by atoms with van der Waals surface area (Å²) in [4.78, 5) is 21.8. The zero-order valence-corrected chi connectivity index (χ0v) is 21.9. The fourth-order valence-electron chi connectivity index (χ4n) is 4.19. The number of methoxy groups -OCH3 is 2. The summed E-state index contributed by atoms with van der Waals surface area (Å²) in [7, 11) is -0.352. The molecule has 0 spiro atoms. The monoisotopic (exact) mass is 524 g/mol. The predicted octanol–water partition coefficient (Wildman–Crippen LogP) is 4.22. The molecule has 0 aromatic heterocycles. The van der Waals surface area contributed by atoms with Gasteiger partial charge in [0.1, 0.15) is 29.7 Å². The van der Waals surface area contributed by atoms with E-state index in [1.807, 2.05) is 78.9 Å². The van der Waals surface area contributed by atoms with Gasteiger partial charge in [-0.05, 0) is 47.4 Å². The Hall–Kier alpha value is -3.49. The third kappa shape index (κ3) is 7.05. The molecule has 0 radical (unpaired) electrons. The number of aldehydes is 2. The zero-order chi connectivity index (χ0) is 26.7. The molecule has 0 aliphatic carbocycles. The lowest BCUT2D eigenvalue weighted by molar-refractivity contribution is -0.115. The molecule has 0 saturated carbocycles. The second kappa shape index (κ2) is 13.2. The lowest BCUT2D eigenvalue weighted by atomic mass is 9.80. The fraction of sp³-hybridized carbons (Fsp3) is 0.310. The van der Waals surface area contributed by atoms with Crippen LogP contribution >= 0.6 is 0 Å².